The topological polar surface area (TPSA) is 79.0 Å². The Balaban J connectivity index is 1.82. The van der Waals surface area contributed by atoms with Crippen LogP contribution in [0.5, 0.6) is 5.75 Å². The molecule has 1 heterocycles. The molecule has 0 bridgehead atoms. The predicted molar refractivity (Wildman–Crippen MR) is 130 cm³/mol. The zero-order valence-electron chi connectivity index (χ0n) is 19.4. The largest absolute Gasteiger partial charge is 0.497 e. The molecule has 0 spiro atoms. The van der Waals surface area contributed by atoms with Crippen molar-refractivity contribution < 1.29 is 17.9 Å². The van der Waals surface area contributed by atoms with Crippen molar-refractivity contribution in [3.8, 4) is 5.75 Å². The van der Waals surface area contributed by atoms with Gasteiger partial charge in [-0.1, -0.05) is 37.6 Å². The summed E-state index contributed by atoms with van der Waals surface area (Å²) in [6, 6.07) is 12.0. The van der Waals surface area contributed by atoms with Gasteiger partial charge in [0.15, 0.2) is 0 Å². The van der Waals surface area contributed by atoms with E-state index >= 15 is 0 Å². The van der Waals surface area contributed by atoms with E-state index in [0.717, 1.165) is 37.2 Å². The molecule has 1 N–H and O–H groups in total. The Hall–Kier alpha value is -2.13. The molecule has 9 heteroatoms. The second-order valence-electron chi connectivity index (χ2n) is 7.98. The van der Waals surface area contributed by atoms with E-state index in [9.17, 15) is 13.2 Å². The average Bonchev–Trinajstić information content (AvgIpc) is 3.38. The number of nitrogens with one attached hydrogen (secondary N) is 1. The Kier molecular flexibility index (Phi) is 8.75. The predicted octanol–water partition coefficient (Wildman–Crippen LogP) is 3.95. The van der Waals surface area contributed by atoms with E-state index in [4.69, 9.17) is 16.3 Å². The highest BCUT2D eigenvalue weighted by atomic mass is 35.5. The smallest absolute Gasteiger partial charge is 0.252 e. The van der Waals surface area contributed by atoms with Crippen LogP contribution in [0.25, 0.3) is 0 Å². The molecule has 1 unspecified atom stereocenters. The van der Waals surface area contributed by atoms with E-state index in [1.54, 1.807) is 7.11 Å². The lowest BCUT2D eigenvalue weighted by atomic mass is 10.0. The standard InChI is InChI=1S/C24H32ClN3O4S/c1-4-27(5-2)23(18-9-8-10-19(15-18)32-3)17-26-24(29)21-16-20(11-12-22(21)25)33(30,31)28-13-6-7-14-28/h8-12,15-16,23H,4-7,13-14,17H2,1-3H3,(H,26,29). The van der Waals surface area contributed by atoms with Crippen molar-refractivity contribution in [3.05, 3.63) is 58.6 Å². The van der Waals surface area contributed by atoms with Crippen LogP contribution in [0.4, 0.5) is 0 Å². The third-order valence-corrected chi connectivity index (χ3v) is 8.30. The summed E-state index contributed by atoms with van der Waals surface area (Å²) < 4.78 is 32.7. The van der Waals surface area contributed by atoms with E-state index in [-0.39, 0.29) is 21.5 Å². The number of sulfonamides is 1. The molecule has 2 aromatic rings. The number of likely N-dealkylation sites (N-methyl/N-ethyl adjacent to an activating group) is 1. The van der Waals surface area contributed by atoms with Crippen molar-refractivity contribution in [3.63, 3.8) is 0 Å². The maximum atomic E-state index is 13.1. The van der Waals surface area contributed by atoms with Gasteiger partial charge in [-0.15, -0.1) is 0 Å². The molecule has 3 rings (SSSR count). The van der Waals surface area contributed by atoms with Gasteiger partial charge in [-0.25, -0.2) is 8.42 Å². The number of carbonyl (C=O) groups is 1. The molecule has 1 aliphatic rings. The zero-order chi connectivity index (χ0) is 24.0. The number of hydrogen-bond acceptors (Lipinski definition) is 5. The summed E-state index contributed by atoms with van der Waals surface area (Å²) in [4.78, 5) is 15.4. The van der Waals surface area contributed by atoms with Crippen LogP contribution >= 0.6 is 11.6 Å². The van der Waals surface area contributed by atoms with Gasteiger partial charge in [-0.05, 0) is 61.8 Å². The molecule has 1 saturated heterocycles. The number of ether oxygens (including phenoxy) is 1. The van der Waals surface area contributed by atoms with Crippen LogP contribution in [0.3, 0.4) is 0 Å². The molecule has 0 aromatic heterocycles. The van der Waals surface area contributed by atoms with Gasteiger partial charge in [0.1, 0.15) is 5.75 Å². The minimum Gasteiger partial charge on any atom is -0.497 e. The van der Waals surface area contributed by atoms with E-state index in [1.807, 2.05) is 24.3 Å². The summed E-state index contributed by atoms with van der Waals surface area (Å²) >= 11 is 6.29. The maximum absolute atomic E-state index is 13.1. The van der Waals surface area contributed by atoms with Crippen LogP contribution in [0.1, 0.15) is 48.7 Å². The molecule has 0 saturated carbocycles. The summed E-state index contributed by atoms with van der Waals surface area (Å²) in [5.74, 6) is 0.345. The van der Waals surface area contributed by atoms with E-state index in [2.05, 4.69) is 24.1 Å². The minimum absolute atomic E-state index is 0.0747. The van der Waals surface area contributed by atoms with Gasteiger partial charge >= 0.3 is 0 Å². The first kappa shape index (κ1) is 25.5. The first-order valence-electron chi connectivity index (χ1n) is 11.3. The number of benzene rings is 2. The molecule has 180 valence electrons. The van der Waals surface area contributed by atoms with E-state index in [1.165, 1.54) is 22.5 Å². The Morgan fingerprint density at radius 2 is 1.85 bits per heavy atom. The van der Waals surface area contributed by atoms with Crippen molar-refractivity contribution in [2.24, 2.45) is 0 Å². The summed E-state index contributed by atoms with van der Waals surface area (Å²) in [5, 5.41) is 3.18. The van der Waals surface area contributed by atoms with Crippen LogP contribution in [0, 0.1) is 0 Å². The van der Waals surface area contributed by atoms with Crippen LogP contribution in [0.2, 0.25) is 5.02 Å². The number of methoxy groups -OCH3 is 1. The third-order valence-electron chi connectivity index (χ3n) is 6.07. The lowest BCUT2D eigenvalue weighted by molar-refractivity contribution is 0.0935. The lowest BCUT2D eigenvalue weighted by Gasteiger charge is -2.30. The molecule has 1 atom stereocenters. The van der Waals surface area contributed by atoms with Gasteiger partial charge in [0, 0.05) is 19.6 Å². The van der Waals surface area contributed by atoms with Crippen molar-refractivity contribution in [2.75, 3.05) is 39.8 Å². The van der Waals surface area contributed by atoms with Crippen LogP contribution in [0.15, 0.2) is 47.4 Å². The monoisotopic (exact) mass is 493 g/mol. The number of halogens is 1. The lowest BCUT2D eigenvalue weighted by Crippen LogP contribution is -2.38. The molecular formula is C24H32ClN3O4S. The van der Waals surface area contributed by atoms with Crippen molar-refractivity contribution in [1.29, 1.82) is 0 Å². The van der Waals surface area contributed by atoms with Crippen LogP contribution in [-0.2, 0) is 10.0 Å². The molecule has 1 fully saturated rings. The minimum atomic E-state index is -3.64. The SMILES string of the molecule is CCN(CC)C(CNC(=O)c1cc(S(=O)(=O)N2CCCC2)ccc1Cl)c1cccc(OC)c1. The molecule has 0 aliphatic carbocycles. The summed E-state index contributed by atoms with van der Waals surface area (Å²) in [5.41, 5.74) is 1.18. The van der Waals surface area contributed by atoms with Gasteiger partial charge in [0.2, 0.25) is 10.0 Å². The van der Waals surface area contributed by atoms with Gasteiger partial charge in [-0.3, -0.25) is 9.69 Å². The van der Waals surface area contributed by atoms with Crippen LogP contribution < -0.4 is 10.1 Å². The Labute approximate surface area is 201 Å². The molecule has 1 amide bonds. The molecule has 2 aromatic carbocycles. The van der Waals surface area contributed by atoms with Crippen LogP contribution in [-0.4, -0.2) is 63.4 Å². The fourth-order valence-electron chi connectivity index (χ4n) is 4.17. The Bertz CT molecular complexity index is 1070. The number of carbonyl (C=O) groups excluding carboxylic acids is 1. The fourth-order valence-corrected chi connectivity index (χ4v) is 5.92. The normalized spacial score (nSPS) is 15.5. The Morgan fingerprint density at radius 1 is 1.15 bits per heavy atom. The zero-order valence-corrected chi connectivity index (χ0v) is 21.0. The summed E-state index contributed by atoms with van der Waals surface area (Å²) in [7, 11) is -2.02. The highest BCUT2D eigenvalue weighted by Crippen LogP contribution is 2.27. The van der Waals surface area contributed by atoms with E-state index in [0.29, 0.717) is 19.6 Å². The Morgan fingerprint density at radius 3 is 2.48 bits per heavy atom. The fraction of sp³-hybridized carbons (Fsp3) is 0.458. The first-order chi connectivity index (χ1) is 15.8. The number of hydrogen-bond donors (Lipinski definition) is 1. The maximum Gasteiger partial charge on any atom is 0.252 e. The average molecular weight is 494 g/mol. The highest BCUT2D eigenvalue weighted by Gasteiger charge is 2.28. The van der Waals surface area contributed by atoms with Gasteiger partial charge < -0.3 is 10.1 Å². The van der Waals surface area contributed by atoms with Gasteiger partial charge in [-0.2, -0.15) is 4.31 Å². The van der Waals surface area contributed by atoms with E-state index < -0.39 is 15.9 Å². The molecule has 7 nitrogen and oxygen atoms in total. The van der Waals surface area contributed by atoms with Crippen molar-refractivity contribution >= 4 is 27.5 Å². The quantitative estimate of drug-likeness (QED) is 0.542. The summed E-state index contributed by atoms with van der Waals surface area (Å²) in [6.07, 6.45) is 1.69. The second-order valence-corrected chi connectivity index (χ2v) is 10.3. The third kappa shape index (κ3) is 5.87. The molecule has 1 aliphatic heterocycles. The second kappa shape index (κ2) is 11.3. The molecule has 33 heavy (non-hydrogen) atoms. The van der Waals surface area contributed by atoms with Crippen molar-refractivity contribution in [1.82, 2.24) is 14.5 Å². The number of rotatable bonds is 10. The summed E-state index contributed by atoms with van der Waals surface area (Å²) in [6.45, 7) is 7.09. The first-order valence-corrected chi connectivity index (χ1v) is 13.1. The van der Waals surface area contributed by atoms with Crippen molar-refractivity contribution in [2.45, 2.75) is 37.6 Å². The number of amides is 1. The van der Waals surface area contributed by atoms with Gasteiger partial charge in [0.25, 0.3) is 5.91 Å². The number of nitrogens with zero attached hydrogens (tertiary/aromatic N) is 2. The highest BCUT2D eigenvalue weighted by molar-refractivity contribution is 7.89. The van der Waals surface area contributed by atoms with Gasteiger partial charge in [0.05, 0.1) is 28.6 Å². The molecular weight excluding hydrogens is 462 g/mol. The molecule has 0 radical (unpaired) electrons.